The molecule has 0 aliphatic carbocycles. The van der Waals surface area contributed by atoms with Gasteiger partial charge < -0.3 is 21.0 Å². The highest BCUT2D eigenvalue weighted by Crippen LogP contribution is 2.25. The first kappa shape index (κ1) is 19.7. The molecule has 28 heavy (non-hydrogen) atoms. The van der Waals surface area contributed by atoms with Gasteiger partial charge in [-0.25, -0.2) is 4.79 Å². The molecule has 148 valence electrons. The number of nitrogens with zero attached hydrogens (tertiary/aromatic N) is 1. The molecule has 0 atom stereocenters. The third-order valence-corrected chi connectivity index (χ3v) is 4.80. The highest BCUT2D eigenvalue weighted by molar-refractivity contribution is 5.86. The van der Waals surface area contributed by atoms with E-state index in [4.69, 9.17) is 21.4 Å². The van der Waals surface area contributed by atoms with Gasteiger partial charge in [0.05, 0.1) is 0 Å². The van der Waals surface area contributed by atoms with Gasteiger partial charge in [0.1, 0.15) is 5.75 Å². The summed E-state index contributed by atoms with van der Waals surface area (Å²) in [7, 11) is 0. The lowest BCUT2D eigenvalue weighted by Gasteiger charge is -2.26. The van der Waals surface area contributed by atoms with Crippen molar-refractivity contribution in [2.24, 2.45) is 11.6 Å². The Labute approximate surface area is 164 Å². The second-order valence-electron chi connectivity index (χ2n) is 6.85. The Kier molecular flexibility index (Phi) is 6.52. The third kappa shape index (κ3) is 5.03. The van der Waals surface area contributed by atoms with Gasteiger partial charge >= 0.3 is 5.97 Å². The maximum absolute atomic E-state index is 11.0. The second-order valence-corrected chi connectivity index (χ2v) is 6.85. The highest BCUT2D eigenvalue weighted by atomic mass is 16.5. The molecular weight excluding hydrogens is 356 g/mol. The highest BCUT2D eigenvalue weighted by Gasteiger charge is 2.13. The standard InChI is InChI=1S/C21H26N4O3/c22-20(19(24-23)21(26)27)28-18-9-7-16(8-10-18)17-6-4-5-15(13-17)14-25-11-2-1-3-12-25/h4-10,13,24H,1-3,11-12,14,22-23H2,(H,26,27)/b20-19+. The topological polar surface area (TPSA) is 114 Å². The average molecular weight is 382 g/mol. The number of likely N-dealkylation sites (tertiary alicyclic amines) is 1. The number of hydrogen-bond acceptors (Lipinski definition) is 6. The van der Waals surface area contributed by atoms with E-state index >= 15 is 0 Å². The zero-order valence-corrected chi connectivity index (χ0v) is 15.7. The molecule has 1 aliphatic heterocycles. The molecule has 0 aromatic heterocycles. The summed E-state index contributed by atoms with van der Waals surface area (Å²) < 4.78 is 5.37. The summed E-state index contributed by atoms with van der Waals surface area (Å²) >= 11 is 0. The van der Waals surface area contributed by atoms with Gasteiger partial charge in [0, 0.05) is 6.54 Å². The van der Waals surface area contributed by atoms with E-state index in [9.17, 15) is 4.79 Å². The number of carbonyl (C=O) groups is 1. The number of piperidine rings is 1. The van der Waals surface area contributed by atoms with Crippen molar-refractivity contribution in [3.05, 3.63) is 65.7 Å². The number of ether oxygens (including phenoxy) is 1. The number of hydrazine groups is 1. The Hall–Kier alpha value is -3.03. The molecule has 6 N–H and O–H groups in total. The normalized spacial score (nSPS) is 15.6. The molecule has 7 nitrogen and oxygen atoms in total. The van der Waals surface area contributed by atoms with Crippen molar-refractivity contribution in [2.45, 2.75) is 25.8 Å². The van der Waals surface area contributed by atoms with Crippen LogP contribution in [0.25, 0.3) is 11.1 Å². The van der Waals surface area contributed by atoms with Crippen LogP contribution in [-0.2, 0) is 11.3 Å². The van der Waals surface area contributed by atoms with E-state index in [0.717, 1.165) is 17.7 Å². The number of nitrogens with two attached hydrogens (primary N) is 2. The number of nitrogens with one attached hydrogen (secondary N) is 1. The molecule has 0 amide bonds. The van der Waals surface area contributed by atoms with Crippen LogP contribution in [0.1, 0.15) is 24.8 Å². The van der Waals surface area contributed by atoms with Crippen molar-refractivity contribution in [2.75, 3.05) is 13.1 Å². The molecule has 0 spiro atoms. The molecular formula is C21H26N4O3. The van der Waals surface area contributed by atoms with E-state index in [-0.39, 0.29) is 5.88 Å². The van der Waals surface area contributed by atoms with Crippen LogP contribution in [-0.4, -0.2) is 29.1 Å². The van der Waals surface area contributed by atoms with E-state index in [1.807, 2.05) is 17.6 Å². The van der Waals surface area contributed by atoms with Gasteiger partial charge in [0.15, 0.2) is 5.70 Å². The Morgan fingerprint density at radius 2 is 1.79 bits per heavy atom. The number of rotatable bonds is 7. The summed E-state index contributed by atoms with van der Waals surface area (Å²) in [5.41, 5.74) is 10.7. The van der Waals surface area contributed by atoms with Crippen LogP contribution in [0.15, 0.2) is 60.1 Å². The minimum absolute atomic E-state index is 0.300. The molecule has 0 unspecified atom stereocenters. The average Bonchev–Trinajstić information content (AvgIpc) is 2.70. The monoisotopic (exact) mass is 382 g/mol. The number of benzene rings is 2. The van der Waals surface area contributed by atoms with Crippen LogP contribution < -0.4 is 21.7 Å². The lowest BCUT2D eigenvalue weighted by atomic mass is 10.0. The van der Waals surface area contributed by atoms with E-state index < -0.39 is 11.7 Å². The van der Waals surface area contributed by atoms with Crippen molar-refractivity contribution in [3.8, 4) is 16.9 Å². The van der Waals surface area contributed by atoms with E-state index in [1.165, 1.54) is 37.9 Å². The van der Waals surface area contributed by atoms with Gasteiger partial charge in [-0.1, -0.05) is 36.8 Å². The van der Waals surface area contributed by atoms with E-state index in [2.05, 4.69) is 29.2 Å². The fraction of sp³-hybridized carbons (Fsp3) is 0.286. The van der Waals surface area contributed by atoms with Crippen LogP contribution in [0.2, 0.25) is 0 Å². The largest absolute Gasteiger partial charge is 0.476 e. The first-order chi connectivity index (χ1) is 13.6. The van der Waals surface area contributed by atoms with Gasteiger partial charge in [-0.05, 0) is 60.8 Å². The number of hydrogen-bond donors (Lipinski definition) is 4. The smallest absolute Gasteiger partial charge is 0.358 e. The fourth-order valence-electron chi connectivity index (χ4n) is 3.36. The first-order valence-electron chi connectivity index (χ1n) is 9.36. The van der Waals surface area contributed by atoms with Gasteiger partial charge in [0.2, 0.25) is 5.88 Å². The molecule has 2 aromatic rings. The number of carboxylic acid groups (broad SMARTS) is 1. The zero-order chi connectivity index (χ0) is 19.9. The van der Waals surface area contributed by atoms with E-state index in [0.29, 0.717) is 5.75 Å². The van der Waals surface area contributed by atoms with Gasteiger partial charge in [-0.3, -0.25) is 10.7 Å². The van der Waals surface area contributed by atoms with E-state index in [1.54, 1.807) is 12.1 Å². The van der Waals surface area contributed by atoms with Gasteiger partial charge in [-0.2, -0.15) is 0 Å². The summed E-state index contributed by atoms with van der Waals surface area (Å²) in [4.78, 5) is 13.5. The Bertz CT molecular complexity index is 843. The SMILES string of the molecule is NN/C(C(=O)O)=C(\N)Oc1ccc(-c2cccc(CN3CCCCC3)c2)cc1. The van der Waals surface area contributed by atoms with Crippen molar-refractivity contribution in [1.29, 1.82) is 0 Å². The predicted molar refractivity (Wildman–Crippen MR) is 108 cm³/mol. The van der Waals surface area contributed by atoms with Gasteiger partial charge in [0.25, 0.3) is 0 Å². The summed E-state index contributed by atoms with van der Waals surface area (Å²) in [6.45, 7) is 3.31. The summed E-state index contributed by atoms with van der Waals surface area (Å²) in [5.74, 6) is 4.00. The Balaban J connectivity index is 1.71. The van der Waals surface area contributed by atoms with Crippen molar-refractivity contribution in [1.82, 2.24) is 10.3 Å². The zero-order valence-electron chi connectivity index (χ0n) is 15.7. The van der Waals surface area contributed by atoms with Crippen LogP contribution >= 0.6 is 0 Å². The minimum Gasteiger partial charge on any atom is -0.476 e. The maximum atomic E-state index is 11.0. The molecule has 0 bridgehead atoms. The third-order valence-electron chi connectivity index (χ3n) is 4.80. The Morgan fingerprint density at radius 3 is 2.43 bits per heavy atom. The second kappa shape index (κ2) is 9.25. The molecule has 0 saturated carbocycles. The number of carboxylic acids is 1. The molecule has 2 aromatic carbocycles. The quantitative estimate of drug-likeness (QED) is 0.252. The molecule has 7 heteroatoms. The summed E-state index contributed by atoms with van der Waals surface area (Å²) in [5, 5.41) is 8.99. The van der Waals surface area contributed by atoms with Crippen molar-refractivity contribution < 1.29 is 14.6 Å². The molecule has 1 aliphatic rings. The minimum atomic E-state index is -1.29. The van der Waals surface area contributed by atoms with Crippen LogP contribution in [0, 0.1) is 0 Å². The van der Waals surface area contributed by atoms with Crippen LogP contribution in [0.4, 0.5) is 0 Å². The molecule has 3 rings (SSSR count). The first-order valence-corrected chi connectivity index (χ1v) is 9.36. The molecule has 1 heterocycles. The summed E-state index contributed by atoms with van der Waals surface area (Å²) in [6, 6.07) is 15.8. The van der Waals surface area contributed by atoms with Crippen molar-refractivity contribution in [3.63, 3.8) is 0 Å². The lowest BCUT2D eigenvalue weighted by molar-refractivity contribution is -0.133. The molecule has 1 saturated heterocycles. The molecule has 0 radical (unpaired) electrons. The number of aliphatic carboxylic acids is 1. The fourth-order valence-corrected chi connectivity index (χ4v) is 3.36. The Morgan fingerprint density at radius 1 is 1.07 bits per heavy atom. The predicted octanol–water partition coefficient (Wildman–Crippen LogP) is 2.39. The van der Waals surface area contributed by atoms with Gasteiger partial charge in [-0.15, -0.1) is 0 Å². The van der Waals surface area contributed by atoms with Crippen LogP contribution in [0.3, 0.4) is 0 Å². The molecule has 1 fully saturated rings. The van der Waals surface area contributed by atoms with Crippen LogP contribution in [0.5, 0.6) is 5.75 Å². The maximum Gasteiger partial charge on any atom is 0.358 e. The summed E-state index contributed by atoms with van der Waals surface area (Å²) in [6.07, 6.45) is 3.89. The van der Waals surface area contributed by atoms with Crippen molar-refractivity contribution >= 4 is 5.97 Å². The lowest BCUT2D eigenvalue weighted by Crippen LogP contribution is -2.31.